The first-order valence-electron chi connectivity index (χ1n) is 7.08. The molecule has 0 aliphatic carbocycles. The number of nitrogens with two attached hydrogens (primary N) is 1. The van der Waals surface area contributed by atoms with Crippen molar-refractivity contribution in [3.8, 4) is 0 Å². The summed E-state index contributed by atoms with van der Waals surface area (Å²) in [6, 6.07) is 6.83. The molecule has 0 atom stereocenters. The van der Waals surface area contributed by atoms with Crippen LogP contribution in [0.5, 0.6) is 0 Å². The van der Waals surface area contributed by atoms with Crippen LogP contribution >= 0.6 is 11.6 Å². The number of carbonyl (C=O) groups excluding carboxylic acids is 2. The summed E-state index contributed by atoms with van der Waals surface area (Å²) >= 11 is 5.86. The van der Waals surface area contributed by atoms with Crippen LogP contribution in [0.4, 0.5) is 5.69 Å². The first-order valence-corrected chi connectivity index (χ1v) is 7.46. The predicted octanol–water partition coefficient (Wildman–Crippen LogP) is 1.24. The average molecular weight is 326 g/mol. The second-order valence-corrected chi connectivity index (χ2v) is 5.92. The van der Waals surface area contributed by atoms with Gasteiger partial charge in [0.05, 0.1) is 12.1 Å². The molecule has 1 heterocycles. The number of hydrogen-bond donors (Lipinski definition) is 2. The Morgan fingerprint density at radius 1 is 1.41 bits per heavy atom. The van der Waals surface area contributed by atoms with Gasteiger partial charge in [-0.1, -0.05) is 17.7 Å². The summed E-state index contributed by atoms with van der Waals surface area (Å²) in [7, 11) is 1.57. The number of ether oxygens (including phenoxy) is 1. The van der Waals surface area contributed by atoms with Gasteiger partial charge in [-0.15, -0.1) is 0 Å². The number of amides is 2. The summed E-state index contributed by atoms with van der Waals surface area (Å²) < 4.78 is 5.22. The van der Waals surface area contributed by atoms with Crippen molar-refractivity contribution in [2.45, 2.75) is 18.4 Å². The lowest BCUT2D eigenvalue weighted by Gasteiger charge is -2.35. The summed E-state index contributed by atoms with van der Waals surface area (Å²) in [6.45, 7) is 0.862. The summed E-state index contributed by atoms with van der Waals surface area (Å²) in [5.41, 5.74) is 5.78. The molecule has 0 radical (unpaired) electrons. The van der Waals surface area contributed by atoms with E-state index in [0.717, 1.165) is 0 Å². The first kappa shape index (κ1) is 16.7. The van der Waals surface area contributed by atoms with Gasteiger partial charge in [-0.25, -0.2) is 0 Å². The lowest BCUT2D eigenvalue weighted by Crippen LogP contribution is -2.58. The van der Waals surface area contributed by atoms with Crippen molar-refractivity contribution in [1.82, 2.24) is 4.90 Å². The monoisotopic (exact) mass is 325 g/mol. The van der Waals surface area contributed by atoms with E-state index in [4.69, 9.17) is 22.1 Å². The number of benzene rings is 1. The number of nitrogens with zero attached hydrogens (tertiary/aromatic N) is 1. The largest absolute Gasteiger partial charge is 0.381 e. The third-order valence-electron chi connectivity index (χ3n) is 3.65. The van der Waals surface area contributed by atoms with Crippen LogP contribution in [0, 0.1) is 0 Å². The Labute approximate surface area is 134 Å². The molecule has 0 unspecified atom stereocenters. The van der Waals surface area contributed by atoms with E-state index in [2.05, 4.69) is 5.32 Å². The molecule has 3 N–H and O–H groups in total. The minimum Gasteiger partial charge on any atom is -0.381 e. The molecule has 1 aliphatic rings. The lowest BCUT2D eigenvalue weighted by molar-refractivity contribution is -0.141. The smallest absolute Gasteiger partial charge is 0.243 e. The molecule has 7 heteroatoms. The van der Waals surface area contributed by atoms with Crippen LogP contribution in [0.2, 0.25) is 5.02 Å². The molecule has 120 valence electrons. The Balaban J connectivity index is 1.91. The summed E-state index contributed by atoms with van der Waals surface area (Å²) in [5.74, 6) is -0.536. The molecule has 2 rings (SSSR count). The zero-order valence-electron chi connectivity index (χ0n) is 12.5. The lowest BCUT2D eigenvalue weighted by atomic mass is 9.90. The standard InChI is InChI=1S/C15H20ClN3O3/c1-19(14(21)15(17)5-7-22-8-6-15)10-13(20)18-12-4-2-3-11(16)9-12/h2-4,9H,5-8,10,17H2,1H3,(H,18,20). The molecular weight excluding hydrogens is 306 g/mol. The summed E-state index contributed by atoms with van der Waals surface area (Å²) in [6.07, 6.45) is 0.929. The first-order chi connectivity index (χ1) is 10.4. The SMILES string of the molecule is CN(CC(=O)Nc1cccc(Cl)c1)C(=O)C1(N)CCOCC1. The maximum Gasteiger partial charge on any atom is 0.243 e. The van der Waals surface area contributed by atoms with Gasteiger partial charge in [0.2, 0.25) is 11.8 Å². The van der Waals surface area contributed by atoms with E-state index in [1.165, 1.54) is 4.90 Å². The highest BCUT2D eigenvalue weighted by Gasteiger charge is 2.38. The van der Waals surface area contributed by atoms with Crippen LogP contribution in [0.1, 0.15) is 12.8 Å². The highest BCUT2D eigenvalue weighted by atomic mass is 35.5. The Morgan fingerprint density at radius 3 is 2.73 bits per heavy atom. The average Bonchev–Trinajstić information content (AvgIpc) is 2.47. The Kier molecular flexibility index (Phi) is 5.39. The topological polar surface area (TPSA) is 84.7 Å². The van der Waals surface area contributed by atoms with Crippen LogP contribution in [-0.2, 0) is 14.3 Å². The molecule has 1 aromatic carbocycles. The van der Waals surface area contributed by atoms with Gasteiger partial charge < -0.3 is 20.7 Å². The van der Waals surface area contributed by atoms with E-state index in [1.807, 2.05) is 0 Å². The van der Waals surface area contributed by atoms with E-state index >= 15 is 0 Å². The fourth-order valence-electron chi connectivity index (χ4n) is 2.38. The number of halogens is 1. The van der Waals surface area contributed by atoms with E-state index in [9.17, 15) is 9.59 Å². The highest BCUT2D eigenvalue weighted by molar-refractivity contribution is 6.30. The quantitative estimate of drug-likeness (QED) is 0.872. The number of rotatable bonds is 4. The minimum atomic E-state index is -0.941. The van der Waals surface area contributed by atoms with Crippen LogP contribution in [0.15, 0.2) is 24.3 Å². The molecule has 6 nitrogen and oxygen atoms in total. The molecular formula is C15H20ClN3O3. The molecule has 0 spiro atoms. The molecule has 0 saturated carbocycles. The number of carbonyl (C=O) groups is 2. The van der Waals surface area contributed by atoms with Gasteiger partial charge in [0.25, 0.3) is 0 Å². The van der Waals surface area contributed by atoms with Crippen LogP contribution in [-0.4, -0.2) is 49.1 Å². The van der Waals surface area contributed by atoms with Crippen LogP contribution in [0.3, 0.4) is 0 Å². The van der Waals surface area contributed by atoms with Gasteiger partial charge in [0.1, 0.15) is 0 Å². The van der Waals surface area contributed by atoms with Gasteiger partial charge in [-0.3, -0.25) is 9.59 Å². The Hall–Kier alpha value is -1.63. The van der Waals surface area contributed by atoms with Gasteiger partial charge in [-0.05, 0) is 31.0 Å². The zero-order chi connectivity index (χ0) is 16.2. The normalized spacial score (nSPS) is 16.9. The van der Waals surface area contributed by atoms with E-state index in [0.29, 0.717) is 36.8 Å². The van der Waals surface area contributed by atoms with Crippen molar-refractivity contribution in [3.05, 3.63) is 29.3 Å². The van der Waals surface area contributed by atoms with Crippen LogP contribution < -0.4 is 11.1 Å². The number of nitrogens with one attached hydrogen (secondary N) is 1. The van der Waals surface area contributed by atoms with Gasteiger partial charge in [0, 0.05) is 31.0 Å². The molecule has 22 heavy (non-hydrogen) atoms. The fourth-order valence-corrected chi connectivity index (χ4v) is 2.57. The van der Waals surface area contributed by atoms with E-state index < -0.39 is 5.54 Å². The highest BCUT2D eigenvalue weighted by Crippen LogP contribution is 2.20. The van der Waals surface area contributed by atoms with Crippen molar-refractivity contribution in [1.29, 1.82) is 0 Å². The van der Waals surface area contributed by atoms with E-state index in [-0.39, 0.29) is 18.4 Å². The second kappa shape index (κ2) is 7.09. The molecule has 1 aliphatic heterocycles. The van der Waals surface area contributed by atoms with Crippen molar-refractivity contribution >= 4 is 29.1 Å². The van der Waals surface area contributed by atoms with Crippen molar-refractivity contribution in [2.24, 2.45) is 5.73 Å². The molecule has 1 aromatic rings. The van der Waals surface area contributed by atoms with Crippen LogP contribution in [0.25, 0.3) is 0 Å². The van der Waals surface area contributed by atoms with E-state index in [1.54, 1.807) is 31.3 Å². The molecule has 1 fully saturated rings. The Bertz CT molecular complexity index is 559. The van der Waals surface area contributed by atoms with Crippen molar-refractivity contribution < 1.29 is 14.3 Å². The molecule has 2 amide bonds. The molecule has 1 saturated heterocycles. The maximum absolute atomic E-state index is 12.4. The predicted molar refractivity (Wildman–Crippen MR) is 84.7 cm³/mol. The molecule has 0 aromatic heterocycles. The minimum absolute atomic E-state index is 0.0643. The third-order valence-corrected chi connectivity index (χ3v) is 3.88. The zero-order valence-corrected chi connectivity index (χ0v) is 13.2. The number of anilines is 1. The summed E-state index contributed by atoms with van der Waals surface area (Å²) in [4.78, 5) is 25.8. The molecule has 0 bridgehead atoms. The Morgan fingerprint density at radius 2 is 2.09 bits per heavy atom. The second-order valence-electron chi connectivity index (χ2n) is 5.49. The van der Waals surface area contributed by atoms with Crippen molar-refractivity contribution in [2.75, 3.05) is 32.1 Å². The van der Waals surface area contributed by atoms with Gasteiger partial charge >= 0.3 is 0 Å². The van der Waals surface area contributed by atoms with Gasteiger partial charge in [-0.2, -0.15) is 0 Å². The third kappa shape index (κ3) is 4.19. The maximum atomic E-state index is 12.4. The van der Waals surface area contributed by atoms with Gasteiger partial charge in [0.15, 0.2) is 0 Å². The van der Waals surface area contributed by atoms with Crippen molar-refractivity contribution in [3.63, 3.8) is 0 Å². The fraction of sp³-hybridized carbons (Fsp3) is 0.467. The summed E-state index contributed by atoms with van der Waals surface area (Å²) in [5, 5.41) is 3.23. The number of hydrogen-bond acceptors (Lipinski definition) is 4. The number of likely N-dealkylation sites (N-methyl/N-ethyl adjacent to an activating group) is 1.